The van der Waals surface area contributed by atoms with Gasteiger partial charge in [0.2, 0.25) is 5.91 Å². The topological polar surface area (TPSA) is 41.1 Å². The van der Waals surface area contributed by atoms with Gasteiger partial charge in [0.25, 0.3) is 0 Å². The maximum Gasteiger partial charge on any atom is 0.239 e. The van der Waals surface area contributed by atoms with Crippen molar-refractivity contribution in [2.24, 2.45) is 0 Å². The fourth-order valence-electron chi connectivity index (χ4n) is 3.18. The summed E-state index contributed by atoms with van der Waals surface area (Å²) < 4.78 is 0. The van der Waals surface area contributed by atoms with Gasteiger partial charge in [-0.05, 0) is 54.9 Å². The van der Waals surface area contributed by atoms with Crippen molar-refractivity contribution >= 4 is 11.6 Å². The number of fused-ring (bicyclic) bond motifs is 1. The molecule has 0 bridgehead atoms. The van der Waals surface area contributed by atoms with Crippen LogP contribution in [0.1, 0.15) is 29.5 Å². The molecule has 0 heterocycles. The average molecular weight is 308 g/mol. The van der Waals surface area contributed by atoms with Crippen LogP contribution in [0.2, 0.25) is 0 Å². The molecule has 0 saturated carbocycles. The van der Waals surface area contributed by atoms with Crippen LogP contribution in [0.3, 0.4) is 0 Å². The molecular formula is C20H24N2O. The molecule has 120 valence electrons. The Balaban J connectivity index is 1.46. The molecule has 23 heavy (non-hydrogen) atoms. The molecule has 2 N–H and O–H groups in total. The summed E-state index contributed by atoms with van der Waals surface area (Å²) in [6, 6.07) is 16.6. The van der Waals surface area contributed by atoms with Gasteiger partial charge in [0.15, 0.2) is 0 Å². The number of rotatable bonds is 6. The van der Waals surface area contributed by atoms with Crippen LogP contribution in [0.4, 0.5) is 5.69 Å². The van der Waals surface area contributed by atoms with E-state index in [-0.39, 0.29) is 5.91 Å². The molecule has 1 amide bonds. The van der Waals surface area contributed by atoms with Crippen molar-refractivity contribution in [2.45, 2.75) is 32.1 Å². The van der Waals surface area contributed by atoms with Crippen molar-refractivity contribution in [3.63, 3.8) is 0 Å². The van der Waals surface area contributed by atoms with E-state index in [1.807, 2.05) is 18.2 Å². The zero-order valence-electron chi connectivity index (χ0n) is 13.5. The first-order valence-electron chi connectivity index (χ1n) is 8.48. The summed E-state index contributed by atoms with van der Waals surface area (Å²) >= 11 is 0. The van der Waals surface area contributed by atoms with E-state index >= 15 is 0 Å². The Hall–Kier alpha value is -2.29. The quantitative estimate of drug-likeness (QED) is 0.859. The van der Waals surface area contributed by atoms with E-state index in [2.05, 4.69) is 41.0 Å². The fraction of sp³-hybridized carbons (Fsp3) is 0.350. The van der Waals surface area contributed by atoms with Crippen LogP contribution < -0.4 is 10.6 Å². The molecule has 3 rings (SSSR count). The number of hydrogen-bond donors (Lipinski definition) is 2. The second kappa shape index (κ2) is 7.82. The molecule has 0 radical (unpaired) electrons. The third kappa shape index (κ3) is 4.35. The molecule has 2 aromatic carbocycles. The molecule has 0 unspecified atom stereocenters. The number of benzene rings is 2. The molecule has 3 nitrogen and oxygen atoms in total. The number of hydrogen-bond acceptors (Lipinski definition) is 2. The van der Waals surface area contributed by atoms with E-state index in [0.717, 1.165) is 24.9 Å². The van der Waals surface area contributed by atoms with E-state index in [4.69, 9.17) is 0 Å². The third-order valence-electron chi connectivity index (χ3n) is 4.41. The number of nitrogens with one attached hydrogen (secondary N) is 2. The maximum atomic E-state index is 12.0. The lowest BCUT2D eigenvalue weighted by Crippen LogP contribution is -2.31. The summed E-state index contributed by atoms with van der Waals surface area (Å²) in [4.78, 5) is 12.0. The van der Waals surface area contributed by atoms with Gasteiger partial charge in [0, 0.05) is 12.2 Å². The molecule has 2 aromatic rings. The van der Waals surface area contributed by atoms with Crippen LogP contribution in [0.25, 0.3) is 0 Å². The van der Waals surface area contributed by atoms with Crippen LogP contribution in [0.5, 0.6) is 0 Å². The normalized spacial score (nSPS) is 13.2. The molecule has 1 aliphatic carbocycles. The van der Waals surface area contributed by atoms with Gasteiger partial charge in [-0.3, -0.25) is 4.79 Å². The highest BCUT2D eigenvalue weighted by Gasteiger charge is 2.13. The highest BCUT2D eigenvalue weighted by atomic mass is 16.1. The van der Waals surface area contributed by atoms with Crippen molar-refractivity contribution in [1.29, 1.82) is 0 Å². The standard InChI is InChI=1S/C20H24N2O/c23-20(21-14-13-16-7-2-1-3-8-16)15-22-19-12-6-10-17-9-4-5-11-18(17)19/h1-3,6-8,10,12,22H,4-5,9,11,13-15H2,(H,21,23). The Kier molecular flexibility index (Phi) is 5.30. The smallest absolute Gasteiger partial charge is 0.239 e. The largest absolute Gasteiger partial charge is 0.376 e. The van der Waals surface area contributed by atoms with Crippen LogP contribution in [-0.2, 0) is 24.1 Å². The Bertz CT molecular complexity index is 652. The maximum absolute atomic E-state index is 12.0. The van der Waals surface area contributed by atoms with Crippen molar-refractivity contribution in [1.82, 2.24) is 5.32 Å². The molecular weight excluding hydrogens is 284 g/mol. The van der Waals surface area contributed by atoms with Crippen molar-refractivity contribution in [3.8, 4) is 0 Å². The fourth-order valence-corrected chi connectivity index (χ4v) is 3.18. The minimum atomic E-state index is 0.0503. The predicted octanol–water partition coefficient (Wildman–Crippen LogP) is 3.34. The second-order valence-corrected chi connectivity index (χ2v) is 6.09. The number of aryl methyl sites for hydroxylation is 1. The van der Waals surface area contributed by atoms with Gasteiger partial charge < -0.3 is 10.6 Å². The lowest BCUT2D eigenvalue weighted by Gasteiger charge is -2.20. The van der Waals surface area contributed by atoms with Crippen molar-refractivity contribution in [3.05, 3.63) is 65.2 Å². The van der Waals surface area contributed by atoms with Gasteiger partial charge in [-0.15, -0.1) is 0 Å². The van der Waals surface area contributed by atoms with Gasteiger partial charge in [0.1, 0.15) is 0 Å². The zero-order valence-corrected chi connectivity index (χ0v) is 13.5. The van der Waals surface area contributed by atoms with Gasteiger partial charge in [-0.2, -0.15) is 0 Å². The van der Waals surface area contributed by atoms with Gasteiger partial charge in [-0.1, -0.05) is 42.5 Å². The highest BCUT2D eigenvalue weighted by Crippen LogP contribution is 2.27. The zero-order chi connectivity index (χ0) is 15.9. The van der Waals surface area contributed by atoms with Crippen LogP contribution in [0, 0.1) is 0 Å². The van der Waals surface area contributed by atoms with Gasteiger partial charge >= 0.3 is 0 Å². The summed E-state index contributed by atoms with van der Waals surface area (Å²) in [6.45, 7) is 1.02. The SMILES string of the molecule is O=C(CNc1cccc2c1CCCC2)NCCc1ccccc1. The lowest BCUT2D eigenvalue weighted by molar-refractivity contribution is -0.119. The third-order valence-corrected chi connectivity index (χ3v) is 4.41. The molecule has 3 heteroatoms. The van der Waals surface area contributed by atoms with E-state index in [1.165, 1.54) is 29.5 Å². The molecule has 0 aromatic heterocycles. The minimum Gasteiger partial charge on any atom is -0.376 e. The molecule has 0 aliphatic heterocycles. The van der Waals surface area contributed by atoms with Crippen molar-refractivity contribution in [2.75, 3.05) is 18.4 Å². The molecule has 0 saturated heterocycles. The first-order valence-corrected chi connectivity index (χ1v) is 8.48. The number of amides is 1. The van der Waals surface area contributed by atoms with Crippen molar-refractivity contribution < 1.29 is 4.79 Å². The summed E-state index contributed by atoms with van der Waals surface area (Å²) in [5.74, 6) is 0.0503. The van der Waals surface area contributed by atoms with Gasteiger partial charge in [-0.25, -0.2) is 0 Å². The Labute approximate surface area is 138 Å². The Morgan fingerprint density at radius 1 is 0.957 bits per heavy atom. The number of carbonyl (C=O) groups is 1. The molecule has 0 spiro atoms. The van der Waals surface area contributed by atoms with E-state index in [9.17, 15) is 4.79 Å². The van der Waals surface area contributed by atoms with E-state index in [0.29, 0.717) is 13.1 Å². The second-order valence-electron chi connectivity index (χ2n) is 6.09. The summed E-state index contributed by atoms with van der Waals surface area (Å²) in [7, 11) is 0. The first-order chi connectivity index (χ1) is 11.3. The number of anilines is 1. The predicted molar refractivity (Wildman–Crippen MR) is 94.7 cm³/mol. The van der Waals surface area contributed by atoms with E-state index in [1.54, 1.807) is 0 Å². The Morgan fingerprint density at radius 3 is 2.65 bits per heavy atom. The van der Waals surface area contributed by atoms with E-state index < -0.39 is 0 Å². The monoisotopic (exact) mass is 308 g/mol. The number of carbonyl (C=O) groups excluding carboxylic acids is 1. The van der Waals surface area contributed by atoms with Crippen LogP contribution in [0.15, 0.2) is 48.5 Å². The van der Waals surface area contributed by atoms with Crippen LogP contribution >= 0.6 is 0 Å². The molecule has 1 aliphatic rings. The molecule has 0 atom stereocenters. The summed E-state index contributed by atoms with van der Waals surface area (Å²) in [6.07, 6.45) is 5.67. The van der Waals surface area contributed by atoms with Crippen LogP contribution in [-0.4, -0.2) is 19.0 Å². The summed E-state index contributed by atoms with van der Waals surface area (Å²) in [5.41, 5.74) is 5.21. The average Bonchev–Trinajstić information content (AvgIpc) is 2.61. The van der Waals surface area contributed by atoms with Gasteiger partial charge in [0.05, 0.1) is 6.54 Å². The highest BCUT2D eigenvalue weighted by molar-refractivity contribution is 5.81. The first kappa shape index (κ1) is 15.6. The lowest BCUT2D eigenvalue weighted by atomic mass is 9.90. The Morgan fingerprint density at radius 2 is 1.78 bits per heavy atom. The summed E-state index contributed by atoms with van der Waals surface area (Å²) in [5, 5.41) is 6.29. The minimum absolute atomic E-state index is 0.0503. The molecule has 0 fully saturated rings.